The maximum absolute atomic E-state index is 12.7. The van der Waals surface area contributed by atoms with E-state index in [1.165, 1.54) is 16.1 Å². The van der Waals surface area contributed by atoms with Gasteiger partial charge in [-0.1, -0.05) is 0 Å². The van der Waals surface area contributed by atoms with Gasteiger partial charge in [0.2, 0.25) is 17.7 Å². The van der Waals surface area contributed by atoms with Crippen molar-refractivity contribution in [1.29, 1.82) is 0 Å². The molecule has 0 radical (unpaired) electrons. The van der Waals surface area contributed by atoms with E-state index in [4.69, 9.17) is 5.73 Å². The van der Waals surface area contributed by atoms with E-state index < -0.39 is 24.2 Å². The van der Waals surface area contributed by atoms with Gasteiger partial charge < -0.3 is 25.8 Å². The van der Waals surface area contributed by atoms with Crippen molar-refractivity contribution in [2.45, 2.75) is 43.8 Å². The number of H-pyrrole nitrogens is 1. The highest BCUT2D eigenvalue weighted by Crippen LogP contribution is 2.19. The van der Waals surface area contributed by atoms with Crippen LogP contribution in [0.1, 0.15) is 25.0 Å². The van der Waals surface area contributed by atoms with Crippen molar-refractivity contribution in [3.05, 3.63) is 18.2 Å². The van der Waals surface area contributed by atoms with Gasteiger partial charge in [-0.2, -0.15) is 0 Å². The summed E-state index contributed by atoms with van der Waals surface area (Å²) in [5.41, 5.74) is 6.78. The van der Waals surface area contributed by atoms with E-state index in [9.17, 15) is 19.2 Å². The van der Waals surface area contributed by atoms with Crippen molar-refractivity contribution < 1.29 is 19.2 Å². The van der Waals surface area contributed by atoms with Crippen LogP contribution in [0.15, 0.2) is 12.5 Å². The molecule has 0 aliphatic carbocycles. The van der Waals surface area contributed by atoms with E-state index in [2.05, 4.69) is 20.6 Å². The maximum atomic E-state index is 12.7. The molecule has 2 fully saturated rings. The first-order valence-electron chi connectivity index (χ1n) is 9.24. The fraction of sp³-hybridized carbons (Fsp3) is 0.588. The molecular weight excluding hydrogens is 366 g/mol. The predicted molar refractivity (Wildman–Crippen MR) is 97.7 cm³/mol. The van der Waals surface area contributed by atoms with Gasteiger partial charge in [-0.15, -0.1) is 0 Å². The summed E-state index contributed by atoms with van der Waals surface area (Å²) in [5, 5.41) is 4.99. The third kappa shape index (κ3) is 4.30. The Morgan fingerprint density at radius 1 is 1.43 bits per heavy atom. The van der Waals surface area contributed by atoms with Crippen molar-refractivity contribution in [2.75, 3.05) is 20.1 Å². The Morgan fingerprint density at radius 3 is 2.93 bits per heavy atom. The number of likely N-dealkylation sites (tertiary alicyclic amines) is 1. The minimum absolute atomic E-state index is 0.116. The van der Waals surface area contributed by atoms with Crippen molar-refractivity contribution in [2.24, 2.45) is 5.73 Å². The first-order valence-corrected chi connectivity index (χ1v) is 9.24. The summed E-state index contributed by atoms with van der Waals surface area (Å²) in [7, 11) is 1.57. The molecule has 2 aliphatic heterocycles. The number of nitrogens with one attached hydrogen (secondary N) is 3. The molecular formula is C17H25N7O4. The number of likely N-dealkylation sites (N-methyl/N-ethyl adjacent to an activating group) is 1. The molecule has 11 heteroatoms. The highest BCUT2D eigenvalue weighted by molar-refractivity contribution is 5.97. The number of aromatic nitrogens is 2. The predicted octanol–water partition coefficient (Wildman–Crippen LogP) is -1.67. The minimum atomic E-state index is -0.764. The lowest BCUT2D eigenvalue weighted by Crippen LogP contribution is -2.58. The minimum Gasteiger partial charge on any atom is -0.352 e. The second-order valence-electron chi connectivity index (χ2n) is 7.14. The average molecular weight is 391 g/mol. The summed E-state index contributed by atoms with van der Waals surface area (Å²) in [5.74, 6) is -0.951. The van der Waals surface area contributed by atoms with Gasteiger partial charge in [-0.25, -0.2) is 9.78 Å². The zero-order valence-electron chi connectivity index (χ0n) is 15.7. The van der Waals surface area contributed by atoms with Crippen LogP contribution in [0.4, 0.5) is 4.79 Å². The lowest BCUT2D eigenvalue weighted by Gasteiger charge is -2.33. The molecule has 1 aromatic rings. The van der Waals surface area contributed by atoms with Gasteiger partial charge in [-0.3, -0.25) is 19.7 Å². The second kappa shape index (κ2) is 8.38. The van der Waals surface area contributed by atoms with Gasteiger partial charge in [0, 0.05) is 44.9 Å². The summed E-state index contributed by atoms with van der Waals surface area (Å²) in [6, 6.07) is -2.27. The van der Waals surface area contributed by atoms with E-state index >= 15 is 0 Å². The van der Waals surface area contributed by atoms with Crippen LogP contribution >= 0.6 is 0 Å². The van der Waals surface area contributed by atoms with Crippen LogP contribution in [0.2, 0.25) is 0 Å². The maximum Gasteiger partial charge on any atom is 0.324 e. The number of hydrogen-bond acceptors (Lipinski definition) is 6. The number of imide groups is 1. The zero-order chi connectivity index (χ0) is 20.3. The van der Waals surface area contributed by atoms with E-state index in [-0.39, 0.29) is 30.7 Å². The molecule has 1 aromatic heterocycles. The van der Waals surface area contributed by atoms with Crippen molar-refractivity contribution >= 4 is 23.8 Å². The summed E-state index contributed by atoms with van der Waals surface area (Å²) in [6.45, 7) is 0.616. The van der Waals surface area contributed by atoms with E-state index in [1.54, 1.807) is 13.2 Å². The number of urea groups is 1. The molecule has 1 unspecified atom stereocenters. The number of hydrogen-bond donors (Lipinski definition) is 4. The molecule has 0 spiro atoms. The number of carbonyl (C=O) groups excluding carboxylic acids is 4. The number of imidazole rings is 1. The van der Waals surface area contributed by atoms with Crippen molar-refractivity contribution in [3.8, 4) is 0 Å². The Labute approximate surface area is 162 Å². The van der Waals surface area contributed by atoms with Crippen LogP contribution in [-0.2, 0) is 20.8 Å². The molecule has 5 amide bonds. The first kappa shape index (κ1) is 19.8. The molecule has 28 heavy (non-hydrogen) atoms. The van der Waals surface area contributed by atoms with Crippen LogP contribution in [0.5, 0.6) is 0 Å². The summed E-state index contributed by atoms with van der Waals surface area (Å²) >= 11 is 0. The van der Waals surface area contributed by atoms with Crippen LogP contribution in [0.3, 0.4) is 0 Å². The molecule has 0 bridgehead atoms. The van der Waals surface area contributed by atoms with Crippen molar-refractivity contribution in [3.63, 3.8) is 0 Å². The molecule has 5 N–H and O–H groups in total. The SMILES string of the molecule is CN1C(=O)NC(=O)CC1CNC(=O)[C@@H]1CCCN1C(=O)[C@@H](N)Cc1cnc[nH]1. The molecule has 3 rings (SSSR count). The van der Waals surface area contributed by atoms with Gasteiger partial charge in [-0.05, 0) is 12.8 Å². The van der Waals surface area contributed by atoms with E-state index in [1.807, 2.05) is 0 Å². The number of nitrogens with two attached hydrogens (primary N) is 1. The van der Waals surface area contributed by atoms with Gasteiger partial charge in [0.25, 0.3) is 0 Å². The topological polar surface area (TPSA) is 154 Å². The molecule has 2 saturated heterocycles. The third-order valence-electron chi connectivity index (χ3n) is 5.20. The highest BCUT2D eigenvalue weighted by Gasteiger charge is 2.37. The molecule has 2 aliphatic rings. The molecule has 0 aromatic carbocycles. The largest absolute Gasteiger partial charge is 0.352 e. The fourth-order valence-electron chi connectivity index (χ4n) is 3.56. The number of amides is 5. The van der Waals surface area contributed by atoms with Crippen LogP contribution in [0.25, 0.3) is 0 Å². The van der Waals surface area contributed by atoms with E-state index in [0.717, 1.165) is 5.69 Å². The Bertz CT molecular complexity index is 751. The standard InChI is InChI=1S/C17H25N7O4/c1-23-11(6-14(25)22-17(23)28)8-20-15(26)13-3-2-4-24(13)16(27)12(18)5-10-7-19-9-21-10/h7,9,11-13H,2-6,8,18H2,1H3,(H,19,21)(H,20,26)(H,22,25,28)/t11?,12-,13-/m0/s1. The molecule has 152 valence electrons. The lowest BCUT2D eigenvalue weighted by molar-refractivity contribution is -0.139. The molecule has 11 nitrogen and oxygen atoms in total. The smallest absolute Gasteiger partial charge is 0.324 e. The number of rotatable bonds is 6. The Balaban J connectivity index is 1.56. The number of carbonyl (C=O) groups is 4. The molecule has 3 atom stereocenters. The first-order chi connectivity index (χ1) is 13.4. The van der Waals surface area contributed by atoms with Crippen LogP contribution < -0.4 is 16.4 Å². The van der Waals surface area contributed by atoms with Gasteiger partial charge >= 0.3 is 6.03 Å². The molecule has 3 heterocycles. The Kier molecular flexibility index (Phi) is 5.93. The zero-order valence-corrected chi connectivity index (χ0v) is 15.7. The number of aromatic amines is 1. The van der Waals surface area contributed by atoms with Gasteiger partial charge in [0.05, 0.1) is 18.4 Å². The van der Waals surface area contributed by atoms with Gasteiger partial charge in [0.15, 0.2) is 0 Å². The monoisotopic (exact) mass is 391 g/mol. The fourth-order valence-corrected chi connectivity index (χ4v) is 3.56. The highest BCUT2D eigenvalue weighted by atomic mass is 16.2. The van der Waals surface area contributed by atoms with Gasteiger partial charge in [0.1, 0.15) is 6.04 Å². The Morgan fingerprint density at radius 2 is 2.21 bits per heavy atom. The summed E-state index contributed by atoms with van der Waals surface area (Å²) in [6.07, 6.45) is 4.82. The van der Waals surface area contributed by atoms with Crippen molar-refractivity contribution in [1.82, 2.24) is 30.4 Å². The van der Waals surface area contributed by atoms with Crippen LogP contribution in [-0.4, -0.2) is 81.8 Å². The summed E-state index contributed by atoms with van der Waals surface area (Å²) in [4.78, 5) is 58.3. The lowest BCUT2D eigenvalue weighted by atomic mass is 10.1. The average Bonchev–Trinajstić information content (AvgIpc) is 3.34. The normalized spacial score (nSPS) is 23.5. The third-order valence-corrected chi connectivity index (χ3v) is 5.20. The molecule has 0 saturated carbocycles. The Hall–Kier alpha value is -2.95. The second-order valence-corrected chi connectivity index (χ2v) is 7.14. The summed E-state index contributed by atoms with van der Waals surface area (Å²) < 4.78 is 0. The number of nitrogens with zero attached hydrogens (tertiary/aromatic N) is 3. The van der Waals surface area contributed by atoms with E-state index in [0.29, 0.717) is 25.8 Å². The quantitative estimate of drug-likeness (QED) is 0.455. The van der Waals surface area contributed by atoms with Crippen LogP contribution in [0, 0.1) is 0 Å².